The molecule has 138 valence electrons. The zero-order chi connectivity index (χ0) is 16.9. The molecule has 1 aromatic carbocycles. The van der Waals surface area contributed by atoms with E-state index in [9.17, 15) is 9.59 Å². The number of nitrogens with one attached hydrogen (secondary N) is 1. The summed E-state index contributed by atoms with van der Waals surface area (Å²) in [5.74, 6) is 0.563. The smallest absolute Gasteiger partial charge is 0.260 e. The molecule has 6 nitrogen and oxygen atoms in total. The molecule has 2 aliphatic heterocycles. The lowest BCUT2D eigenvalue weighted by Gasteiger charge is -2.41. The van der Waals surface area contributed by atoms with Crippen molar-refractivity contribution in [2.45, 2.75) is 18.9 Å². The van der Waals surface area contributed by atoms with Gasteiger partial charge in [0, 0.05) is 32.2 Å². The lowest BCUT2D eigenvalue weighted by Crippen LogP contribution is -2.57. The zero-order valence-electron chi connectivity index (χ0n) is 13.9. The van der Waals surface area contributed by atoms with Crippen molar-refractivity contribution in [2.75, 3.05) is 39.3 Å². The number of likely N-dealkylation sites (tertiary alicyclic amines) is 1. The highest BCUT2D eigenvalue weighted by atomic mass is 35.5. The van der Waals surface area contributed by atoms with Crippen LogP contribution in [0.2, 0.25) is 5.02 Å². The summed E-state index contributed by atoms with van der Waals surface area (Å²) in [5, 5.41) is 3.57. The molecule has 2 fully saturated rings. The van der Waals surface area contributed by atoms with Gasteiger partial charge >= 0.3 is 0 Å². The number of ether oxygens (including phenoxy) is 1. The van der Waals surface area contributed by atoms with Crippen LogP contribution in [0.3, 0.4) is 0 Å². The van der Waals surface area contributed by atoms with E-state index in [0.717, 1.165) is 19.4 Å². The van der Waals surface area contributed by atoms with Gasteiger partial charge in [-0.25, -0.2) is 0 Å². The molecule has 1 atom stereocenters. The first-order chi connectivity index (χ1) is 11.6. The molecule has 8 heteroatoms. The van der Waals surface area contributed by atoms with Gasteiger partial charge in [-0.2, -0.15) is 0 Å². The zero-order valence-corrected chi connectivity index (χ0v) is 15.5. The lowest BCUT2D eigenvalue weighted by molar-refractivity contribution is -0.141. The van der Waals surface area contributed by atoms with E-state index in [4.69, 9.17) is 16.3 Å². The number of halogens is 2. The number of piperazine rings is 1. The van der Waals surface area contributed by atoms with Crippen LogP contribution in [0.15, 0.2) is 24.3 Å². The average Bonchev–Trinajstić information content (AvgIpc) is 2.61. The van der Waals surface area contributed by atoms with Crippen molar-refractivity contribution in [2.24, 2.45) is 0 Å². The second kappa shape index (κ2) is 9.27. The summed E-state index contributed by atoms with van der Waals surface area (Å²) in [6.45, 7) is 3.16. The Hall–Kier alpha value is -1.50. The van der Waals surface area contributed by atoms with Crippen LogP contribution in [0.5, 0.6) is 5.75 Å². The minimum absolute atomic E-state index is 0. The van der Waals surface area contributed by atoms with Gasteiger partial charge in [-0.15, -0.1) is 12.4 Å². The highest BCUT2D eigenvalue weighted by Crippen LogP contribution is 2.23. The minimum Gasteiger partial charge on any atom is -0.482 e. The van der Waals surface area contributed by atoms with Crippen LogP contribution in [0.1, 0.15) is 12.8 Å². The summed E-state index contributed by atoms with van der Waals surface area (Å²) in [7, 11) is 0. The maximum atomic E-state index is 12.4. The molecule has 0 bridgehead atoms. The monoisotopic (exact) mass is 387 g/mol. The molecule has 0 saturated carbocycles. The highest BCUT2D eigenvalue weighted by molar-refractivity contribution is 6.32. The standard InChI is InChI=1S/C17H22ClN3O3.ClH/c18-14-5-1-2-6-15(14)24-12-17(23)20-8-3-4-13(11-20)21-9-7-19-10-16(21)22;/h1-2,5-6,13,19H,3-4,7-12H2;1H. The van der Waals surface area contributed by atoms with E-state index in [-0.39, 0.29) is 36.9 Å². The Bertz CT molecular complexity index is 615. The third kappa shape index (κ3) is 5.00. The molecule has 2 aliphatic rings. The van der Waals surface area contributed by atoms with Gasteiger partial charge in [-0.05, 0) is 25.0 Å². The number of nitrogens with zero attached hydrogens (tertiary/aromatic N) is 2. The topological polar surface area (TPSA) is 61.9 Å². The molecule has 1 unspecified atom stereocenters. The fourth-order valence-electron chi connectivity index (χ4n) is 3.24. The van der Waals surface area contributed by atoms with Gasteiger partial charge in [-0.1, -0.05) is 23.7 Å². The van der Waals surface area contributed by atoms with Gasteiger partial charge in [-0.3, -0.25) is 9.59 Å². The SMILES string of the molecule is Cl.O=C(COc1ccccc1Cl)N1CCCC(N2CCNCC2=O)C1. The van der Waals surface area contributed by atoms with Gasteiger partial charge in [0.05, 0.1) is 11.6 Å². The van der Waals surface area contributed by atoms with E-state index in [2.05, 4.69) is 5.32 Å². The van der Waals surface area contributed by atoms with Crippen molar-refractivity contribution in [3.8, 4) is 5.75 Å². The first kappa shape index (κ1) is 19.8. The summed E-state index contributed by atoms with van der Waals surface area (Å²) in [6, 6.07) is 7.22. The number of carbonyl (C=O) groups excluding carboxylic acids is 2. The van der Waals surface area contributed by atoms with E-state index >= 15 is 0 Å². The minimum atomic E-state index is -0.0674. The Morgan fingerprint density at radius 3 is 2.88 bits per heavy atom. The quantitative estimate of drug-likeness (QED) is 0.851. The molecule has 1 N–H and O–H groups in total. The predicted molar refractivity (Wildman–Crippen MR) is 98.4 cm³/mol. The van der Waals surface area contributed by atoms with Gasteiger partial charge < -0.3 is 19.9 Å². The lowest BCUT2D eigenvalue weighted by atomic mass is 10.0. The van der Waals surface area contributed by atoms with Crippen LogP contribution < -0.4 is 10.1 Å². The van der Waals surface area contributed by atoms with Gasteiger partial charge in [0.1, 0.15) is 5.75 Å². The van der Waals surface area contributed by atoms with Gasteiger partial charge in [0.25, 0.3) is 5.91 Å². The third-order valence-corrected chi connectivity index (χ3v) is 4.82. The molecule has 3 rings (SSSR count). The predicted octanol–water partition coefficient (Wildman–Crippen LogP) is 1.56. The number of piperidine rings is 1. The Morgan fingerprint density at radius 2 is 2.12 bits per heavy atom. The van der Waals surface area contributed by atoms with Crippen LogP contribution in [-0.4, -0.2) is 67.0 Å². The molecule has 0 aromatic heterocycles. The first-order valence-electron chi connectivity index (χ1n) is 8.30. The van der Waals surface area contributed by atoms with Crippen molar-refractivity contribution < 1.29 is 14.3 Å². The summed E-state index contributed by atoms with van der Waals surface area (Å²) in [6.07, 6.45) is 1.85. The second-order valence-corrected chi connectivity index (χ2v) is 6.53. The van der Waals surface area contributed by atoms with E-state index in [1.54, 1.807) is 17.0 Å². The number of hydrogen-bond donors (Lipinski definition) is 1. The second-order valence-electron chi connectivity index (χ2n) is 6.12. The third-order valence-electron chi connectivity index (χ3n) is 4.50. The molecule has 25 heavy (non-hydrogen) atoms. The van der Waals surface area contributed by atoms with Crippen LogP contribution in [0.4, 0.5) is 0 Å². The maximum Gasteiger partial charge on any atom is 0.260 e. The van der Waals surface area contributed by atoms with E-state index < -0.39 is 0 Å². The van der Waals surface area contributed by atoms with Crippen molar-refractivity contribution in [3.05, 3.63) is 29.3 Å². The molecular formula is C17H23Cl2N3O3. The largest absolute Gasteiger partial charge is 0.482 e. The van der Waals surface area contributed by atoms with Gasteiger partial charge in [0.2, 0.25) is 5.91 Å². The maximum absolute atomic E-state index is 12.4. The molecule has 2 heterocycles. The number of carbonyl (C=O) groups is 2. The molecular weight excluding hydrogens is 365 g/mol. The van der Waals surface area contributed by atoms with Crippen LogP contribution in [0, 0.1) is 0 Å². The van der Waals surface area contributed by atoms with Crippen molar-refractivity contribution in [1.82, 2.24) is 15.1 Å². The summed E-state index contributed by atoms with van der Waals surface area (Å²) in [5.41, 5.74) is 0. The Labute approximate surface area is 158 Å². The summed E-state index contributed by atoms with van der Waals surface area (Å²) >= 11 is 6.03. The van der Waals surface area contributed by atoms with Crippen LogP contribution in [-0.2, 0) is 9.59 Å². The number of para-hydroxylation sites is 1. The molecule has 0 aliphatic carbocycles. The Morgan fingerprint density at radius 1 is 1.32 bits per heavy atom. The fraction of sp³-hybridized carbons (Fsp3) is 0.529. The molecule has 2 amide bonds. The number of amides is 2. The summed E-state index contributed by atoms with van der Waals surface area (Å²) < 4.78 is 5.54. The van der Waals surface area contributed by atoms with Crippen molar-refractivity contribution in [3.63, 3.8) is 0 Å². The fourth-order valence-corrected chi connectivity index (χ4v) is 3.43. The van der Waals surface area contributed by atoms with Crippen molar-refractivity contribution in [1.29, 1.82) is 0 Å². The molecule has 0 spiro atoms. The number of hydrogen-bond acceptors (Lipinski definition) is 4. The van der Waals surface area contributed by atoms with E-state index in [1.165, 1.54) is 0 Å². The van der Waals surface area contributed by atoms with Crippen LogP contribution in [0.25, 0.3) is 0 Å². The number of benzene rings is 1. The van der Waals surface area contributed by atoms with E-state index in [0.29, 0.717) is 37.0 Å². The highest BCUT2D eigenvalue weighted by Gasteiger charge is 2.31. The Balaban J connectivity index is 0.00000225. The Kier molecular flexibility index (Phi) is 7.35. The number of rotatable bonds is 4. The van der Waals surface area contributed by atoms with Gasteiger partial charge in [0.15, 0.2) is 6.61 Å². The van der Waals surface area contributed by atoms with Crippen molar-refractivity contribution >= 4 is 35.8 Å². The van der Waals surface area contributed by atoms with E-state index in [1.807, 2.05) is 17.0 Å². The average molecular weight is 388 g/mol. The van der Waals surface area contributed by atoms with Crippen LogP contribution >= 0.6 is 24.0 Å². The molecule has 2 saturated heterocycles. The summed E-state index contributed by atoms with van der Waals surface area (Å²) in [4.78, 5) is 28.2. The molecule has 0 radical (unpaired) electrons. The first-order valence-corrected chi connectivity index (χ1v) is 8.68. The normalized spacial score (nSPS) is 20.8. The molecule has 1 aromatic rings.